The third-order valence-corrected chi connectivity index (χ3v) is 2.25. The van der Waals surface area contributed by atoms with E-state index in [0.717, 1.165) is 12.8 Å². The molecule has 1 aliphatic rings. The van der Waals surface area contributed by atoms with Crippen LogP contribution in [0.1, 0.15) is 33.1 Å². The van der Waals surface area contributed by atoms with Gasteiger partial charge in [0.25, 0.3) is 0 Å². The van der Waals surface area contributed by atoms with Gasteiger partial charge in [0.1, 0.15) is 0 Å². The second kappa shape index (κ2) is 4.25. The molecule has 0 aromatic rings. The molecule has 4 nitrogen and oxygen atoms in total. The zero-order valence-corrected chi connectivity index (χ0v) is 8.17. The highest BCUT2D eigenvalue weighted by Gasteiger charge is 2.29. The topological polar surface area (TPSA) is 49.4 Å². The summed E-state index contributed by atoms with van der Waals surface area (Å²) < 4.78 is 0. The average molecular weight is 184 g/mol. The van der Waals surface area contributed by atoms with Crippen LogP contribution < -0.4 is 5.32 Å². The summed E-state index contributed by atoms with van der Waals surface area (Å²) in [5.41, 5.74) is 0. The number of nitrogens with zero attached hydrogens (tertiary/aromatic N) is 1. The van der Waals surface area contributed by atoms with Gasteiger partial charge in [0, 0.05) is 19.0 Å². The number of hydrogen-bond donors (Lipinski definition) is 1. The summed E-state index contributed by atoms with van der Waals surface area (Å²) in [7, 11) is 0. The van der Waals surface area contributed by atoms with Crippen LogP contribution in [0.15, 0.2) is 0 Å². The molecule has 0 bridgehead atoms. The molecule has 1 rings (SSSR count). The number of nitrogens with one attached hydrogen (secondary N) is 1. The Morgan fingerprint density at radius 1 is 1.46 bits per heavy atom. The maximum Gasteiger partial charge on any atom is 0.324 e. The van der Waals surface area contributed by atoms with Crippen LogP contribution in [0.25, 0.3) is 0 Å². The van der Waals surface area contributed by atoms with Crippen molar-refractivity contribution >= 4 is 11.9 Å². The molecule has 0 aromatic carbocycles. The van der Waals surface area contributed by atoms with E-state index in [1.165, 1.54) is 4.90 Å². The second-order valence-electron chi connectivity index (χ2n) is 3.28. The lowest BCUT2D eigenvalue weighted by atomic mass is 10.1. The third-order valence-electron chi connectivity index (χ3n) is 2.25. The van der Waals surface area contributed by atoms with Gasteiger partial charge in [0.15, 0.2) is 0 Å². The van der Waals surface area contributed by atoms with Crippen molar-refractivity contribution in [2.75, 3.05) is 6.54 Å². The molecule has 74 valence electrons. The van der Waals surface area contributed by atoms with Crippen LogP contribution in [0.4, 0.5) is 4.79 Å². The Bertz CT molecular complexity index is 198. The van der Waals surface area contributed by atoms with Crippen LogP contribution in [0.5, 0.6) is 0 Å². The molecule has 13 heavy (non-hydrogen) atoms. The molecular weight excluding hydrogens is 168 g/mol. The van der Waals surface area contributed by atoms with Crippen LogP contribution in [-0.4, -0.2) is 29.4 Å². The number of carbonyl (C=O) groups excluding carboxylic acids is 2. The first-order valence-corrected chi connectivity index (χ1v) is 4.79. The van der Waals surface area contributed by atoms with Gasteiger partial charge in [0.2, 0.25) is 5.91 Å². The fourth-order valence-corrected chi connectivity index (χ4v) is 1.58. The molecule has 1 N–H and O–H groups in total. The van der Waals surface area contributed by atoms with Gasteiger partial charge >= 0.3 is 6.03 Å². The van der Waals surface area contributed by atoms with Gasteiger partial charge < -0.3 is 5.32 Å². The molecule has 1 aliphatic heterocycles. The van der Waals surface area contributed by atoms with Gasteiger partial charge in [-0.2, -0.15) is 0 Å². The SMILES string of the molecule is CCCC1CC(=O)N(CC)C(=O)N1. The molecule has 0 aromatic heterocycles. The van der Waals surface area contributed by atoms with Crippen molar-refractivity contribution in [1.82, 2.24) is 10.2 Å². The van der Waals surface area contributed by atoms with Crippen LogP contribution in [0.3, 0.4) is 0 Å². The fourth-order valence-electron chi connectivity index (χ4n) is 1.58. The molecule has 0 radical (unpaired) electrons. The minimum Gasteiger partial charge on any atom is -0.334 e. The smallest absolute Gasteiger partial charge is 0.324 e. The van der Waals surface area contributed by atoms with Crippen LogP contribution in [-0.2, 0) is 4.79 Å². The third kappa shape index (κ3) is 2.20. The highest BCUT2D eigenvalue weighted by atomic mass is 16.2. The summed E-state index contributed by atoms with van der Waals surface area (Å²) in [6.45, 7) is 4.31. The summed E-state index contributed by atoms with van der Waals surface area (Å²) in [6.07, 6.45) is 2.33. The summed E-state index contributed by atoms with van der Waals surface area (Å²) in [5.74, 6) is -0.0512. The molecule has 0 spiro atoms. The minimum absolute atomic E-state index is 0.0489. The van der Waals surface area contributed by atoms with Crippen molar-refractivity contribution in [3.8, 4) is 0 Å². The minimum atomic E-state index is -0.239. The molecule has 1 fully saturated rings. The number of imide groups is 1. The van der Waals surface area contributed by atoms with E-state index in [-0.39, 0.29) is 18.0 Å². The molecule has 4 heteroatoms. The predicted molar refractivity (Wildman–Crippen MR) is 49.2 cm³/mol. The highest BCUT2D eigenvalue weighted by Crippen LogP contribution is 2.11. The van der Waals surface area contributed by atoms with Gasteiger partial charge in [0.05, 0.1) is 0 Å². The maximum absolute atomic E-state index is 11.4. The van der Waals surface area contributed by atoms with Crippen molar-refractivity contribution in [2.24, 2.45) is 0 Å². The molecule has 1 unspecified atom stereocenters. The zero-order chi connectivity index (χ0) is 9.84. The fraction of sp³-hybridized carbons (Fsp3) is 0.778. The monoisotopic (exact) mass is 184 g/mol. The Balaban J connectivity index is 2.56. The quantitative estimate of drug-likeness (QED) is 0.714. The van der Waals surface area contributed by atoms with Gasteiger partial charge in [-0.15, -0.1) is 0 Å². The number of carbonyl (C=O) groups is 2. The number of hydrogen-bond acceptors (Lipinski definition) is 2. The lowest BCUT2D eigenvalue weighted by molar-refractivity contribution is -0.130. The lowest BCUT2D eigenvalue weighted by Gasteiger charge is -2.30. The molecule has 1 atom stereocenters. The van der Waals surface area contributed by atoms with E-state index in [4.69, 9.17) is 0 Å². The van der Waals surface area contributed by atoms with Crippen molar-refractivity contribution in [3.63, 3.8) is 0 Å². The number of amides is 3. The van der Waals surface area contributed by atoms with Crippen LogP contribution in [0.2, 0.25) is 0 Å². The highest BCUT2D eigenvalue weighted by molar-refractivity contribution is 5.97. The lowest BCUT2D eigenvalue weighted by Crippen LogP contribution is -2.54. The van der Waals surface area contributed by atoms with E-state index in [0.29, 0.717) is 13.0 Å². The molecule has 1 saturated heterocycles. The normalized spacial score (nSPS) is 23.2. The van der Waals surface area contributed by atoms with E-state index in [1.807, 2.05) is 6.92 Å². The summed E-state index contributed by atoms with van der Waals surface area (Å²) in [6, 6.07) is -0.190. The van der Waals surface area contributed by atoms with Crippen molar-refractivity contribution < 1.29 is 9.59 Å². The molecule has 1 heterocycles. The molecular formula is C9H16N2O2. The first-order valence-electron chi connectivity index (χ1n) is 4.79. The summed E-state index contributed by atoms with van der Waals surface area (Å²) >= 11 is 0. The van der Waals surface area contributed by atoms with E-state index < -0.39 is 0 Å². The predicted octanol–water partition coefficient (Wildman–Crippen LogP) is 1.12. The van der Waals surface area contributed by atoms with E-state index in [2.05, 4.69) is 5.32 Å². The maximum atomic E-state index is 11.4. The van der Waals surface area contributed by atoms with Gasteiger partial charge in [-0.25, -0.2) is 4.79 Å². The van der Waals surface area contributed by atoms with Crippen molar-refractivity contribution in [2.45, 2.75) is 39.2 Å². The Kier molecular flexibility index (Phi) is 3.28. The summed E-state index contributed by atoms with van der Waals surface area (Å²) in [4.78, 5) is 24.0. The largest absolute Gasteiger partial charge is 0.334 e. The Labute approximate surface area is 78.3 Å². The van der Waals surface area contributed by atoms with E-state index in [9.17, 15) is 9.59 Å². The number of rotatable bonds is 3. The second-order valence-corrected chi connectivity index (χ2v) is 3.28. The van der Waals surface area contributed by atoms with Crippen molar-refractivity contribution in [3.05, 3.63) is 0 Å². The van der Waals surface area contributed by atoms with Gasteiger partial charge in [-0.1, -0.05) is 13.3 Å². The van der Waals surface area contributed by atoms with Crippen molar-refractivity contribution in [1.29, 1.82) is 0 Å². The Morgan fingerprint density at radius 3 is 2.62 bits per heavy atom. The van der Waals surface area contributed by atoms with E-state index >= 15 is 0 Å². The molecule has 0 aliphatic carbocycles. The Morgan fingerprint density at radius 2 is 2.15 bits per heavy atom. The van der Waals surface area contributed by atoms with Crippen LogP contribution >= 0.6 is 0 Å². The summed E-state index contributed by atoms with van der Waals surface area (Å²) in [5, 5.41) is 2.81. The molecule has 0 saturated carbocycles. The zero-order valence-electron chi connectivity index (χ0n) is 8.17. The Hall–Kier alpha value is -1.06. The van der Waals surface area contributed by atoms with E-state index in [1.54, 1.807) is 6.92 Å². The standard InChI is InChI=1S/C9H16N2O2/c1-3-5-7-6-8(12)11(4-2)9(13)10-7/h7H,3-6H2,1-2H3,(H,10,13). The van der Waals surface area contributed by atoms with Gasteiger partial charge in [-0.05, 0) is 13.3 Å². The number of urea groups is 1. The van der Waals surface area contributed by atoms with Gasteiger partial charge in [-0.3, -0.25) is 9.69 Å². The first kappa shape index (κ1) is 10.0. The average Bonchev–Trinajstić information content (AvgIpc) is 2.04. The van der Waals surface area contributed by atoms with Crippen LogP contribution in [0, 0.1) is 0 Å². The molecule has 3 amide bonds. The first-order chi connectivity index (χ1) is 6.19.